The van der Waals surface area contributed by atoms with Gasteiger partial charge in [0.1, 0.15) is 5.75 Å². The molecule has 1 N–H and O–H groups in total. The molecule has 4 rings (SSSR count). The predicted octanol–water partition coefficient (Wildman–Crippen LogP) is 5.23. The first kappa shape index (κ1) is 34.3. The number of nitrogens with one attached hydrogen (secondary N) is 1. The lowest BCUT2D eigenvalue weighted by molar-refractivity contribution is -0.628. The molecule has 3 aliphatic rings. The fourth-order valence-corrected chi connectivity index (χ4v) is 7.28. The molecule has 0 aliphatic carbocycles. The van der Waals surface area contributed by atoms with Gasteiger partial charge in [0.05, 0.1) is 13.2 Å². The van der Waals surface area contributed by atoms with Crippen molar-refractivity contribution in [2.75, 3.05) is 32.9 Å². The van der Waals surface area contributed by atoms with E-state index < -0.39 is 25.1 Å². The maximum absolute atomic E-state index is 12.2. The van der Waals surface area contributed by atoms with Crippen LogP contribution < -0.4 is 9.74 Å². The minimum absolute atomic E-state index is 0.0602. The van der Waals surface area contributed by atoms with E-state index in [0.29, 0.717) is 39.1 Å². The van der Waals surface area contributed by atoms with Crippen molar-refractivity contribution in [3.8, 4) is 5.75 Å². The van der Waals surface area contributed by atoms with Crippen LogP contribution in [0, 0.1) is 10.8 Å². The number of hydrogen-bond donors (Lipinski definition) is 1. The number of imide groups is 1. The maximum atomic E-state index is 12.2. The van der Waals surface area contributed by atoms with Crippen molar-refractivity contribution in [2.24, 2.45) is 10.8 Å². The number of benzene rings is 1. The summed E-state index contributed by atoms with van der Waals surface area (Å²) in [4.78, 5) is 48.6. The fraction of sp³-hybridized carbons (Fsp3) is 0.667. The van der Waals surface area contributed by atoms with Crippen LogP contribution in [0.4, 0.5) is 0 Å². The van der Waals surface area contributed by atoms with Crippen LogP contribution in [0.2, 0.25) is 18.1 Å². The number of carbonyl (C=O) groups is 3. The third kappa shape index (κ3) is 6.13. The van der Waals surface area contributed by atoms with Gasteiger partial charge in [-0.1, -0.05) is 60.6 Å². The quantitative estimate of drug-likeness (QED) is 0.129. The average molecular weight is 631 g/mol. The Morgan fingerprint density at radius 1 is 1.05 bits per heavy atom. The van der Waals surface area contributed by atoms with Crippen LogP contribution in [0.15, 0.2) is 36.4 Å². The Labute approximate surface area is 262 Å². The first-order chi connectivity index (χ1) is 20.4. The number of carbonyl (C=O) groups excluding carboxylic acids is 3. The van der Waals surface area contributed by atoms with Crippen LogP contribution in [-0.4, -0.2) is 69.5 Å². The zero-order chi connectivity index (χ0) is 32.6. The topological polar surface area (TPSA) is 113 Å². The number of nitrogens with zero attached hydrogens (tertiary/aromatic N) is 1. The van der Waals surface area contributed by atoms with E-state index in [4.69, 9.17) is 23.7 Å². The molecule has 0 aromatic heterocycles. The first-order valence-electron chi connectivity index (χ1n) is 15.6. The van der Waals surface area contributed by atoms with E-state index in [9.17, 15) is 14.4 Å². The van der Waals surface area contributed by atoms with Crippen LogP contribution in [0.5, 0.6) is 5.75 Å². The molecule has 11 heteroatoms. The first-order valence-corrected chi connectivity index (χ1v) is 18.5. The van der Waals surface area contributed by atoms with Crippen molar-refractivity contribution >= 4 is 26.0 Å². The van der Waals surface area contributed by atoms with Crippen LogP contribution in [-0.2, 0) is 39.4 Å². The number of fused-ring (bicyclic) bond motifs is 1. The molecule has 1 aromatic rings. The second-order valence-electron chi connectivity index (χ2n) is 14.9. The highest BCUT2D eigenvalue weighted by Gasteiger charge is 2.82. The van der Waals surface area contributed by atoms with Crippen molar-refractivity contribution in [2.45, 2.75) is 97.2 Å². The lowest BCUT2D eigenvalue weighted by Crippen LogP contribution is -2.74. The fourth-order valence-electron chi connectivity index (χ4n) is 6.26. The van der Waals surface area contributed by atoms with E-state index in [1.54, 1.807) is 0 Å². The number of rotatable bonds is 14. The lowest BCUT2D eigenvalue weighted by atomic mass is 9.57. The Kier molecular flexibility index (Phi) is 9.60. The largest absolute Gasteiger partial charge is 0.543 e. The monoisotopic (exact) mass is 630 g/mol. The zero-order valence-electron chi connectivity index (χ0n) is 27.8. The van der Waals surface area contributed by atoms with Crippen molar-refractivity contribution in [1.29, 1.82) is 0 Å². The number of amides is 3. The molecule has 2 saturated heterocycles. The molecule has 3 heterocycles. The third-order valence-corrected chi connectivity index (χ3v) is 14.0. The molecule has 0 radical (unpaired) electrons. The summed E-state index contributed by atoms with van der Waals surface area (Å²) < 4.78 is 19.3. The van der Waals surface area contributed by atoms with Gasteiger partial charge in [-0.15, -0.1) is 0 Å². The molecule has 2 fully saturated rings. The second-order valence-corrected chi connectivity index (χ2v) is 19.7. The molecule has 0 saturated carbocycles. The molecule has 2 unspecified atom stereocenters. The Hall–Kier alpha value is -2.57. The van der Waals surface area contributed by atoms with Crippen molar-refractivity contribution in [3.63, 3.8) is 0 Å². The highest BCUT2D eigenvalue weighted by molar-refractivity contribution is 6.74. The molecule has 0 spiro atoms. The third-order valence-electron chi connectivity index (χ3n) is 9.65. The van der Waals surface area contributed by atoms with E-state index in [1.807, 2.05) is 24.3 Å². The number of unbranched alkanes of at least 4 members (excludes halogenated alkanes) is 1. The summed E-state index contributed by atoms with van der Waals surface area (Å²) >= 11 is 0. The molecule has 44 heavy (non-hydrogen) atoms. The van der Waals surface area contributed by atoms with Crippen LogP contribution in [0.3, 0.4) is 0 Å². The number of hydrogen-bond acceptors (Lipinski definition) is 8. The molecule has 10 nitrogen and oxygen atoms in total. The van der Waals surface area contributed by atoms with Gasteiger partial charge in [-0.3, -0.25) is 19.3 Å². The molecule has 1 aromatic carbocycles. The minimum atomic E-state index is -2.06. The van der Waals surface area contributed by atoms with Gasteiger partial charge in [0.25, 0.3) is 17.6 Å². The van der Waals surface area contributed by atoms with Gasteiger partial charge in [0, 0.05) is 54.7 Å². The highest BCUT2D eigenvalue weighted by atomic mass is 28.4. The van der Waals surface area contributed by atoms with E-state index in [0.717, 1.165) is 16.2 Å². The summed E-state index contributed by atoms with van der Waals surface area (Å²) in [6, 6.07) is 8.01. The minimum Gasteiger partial charge on any atom is -0.543 e. The summed E-state index contributed by atoms with van der Waals surface area (Å²) in [7, 11) is -2.06. The molecular weight excluding hydrogens is 580 g/mol. The molecule has 0 bridgehead atoms. The average Bonchev–Trinajstić information content (AvgIpc) is 3.29. The summed E-state index contributed by atoms with van der Waals surface area (Å²) in [6.45, 7) is 21.4. The van der Waals surface area contributed by atoms with Crippen LogP contribution in [0.1, 0.15) is 73.3 Å². The van der Waals surface area contributed by atoms with Crippen molar-refractivity contribution in [3.05, 3.63) is 42.0 Å². The van der Waals surface area contributed by atoms with Crippen LogP contribution >= 0.6 is 0 Å². The van der Waals surface area contributed by atoms with Gasteiger partial charge in [0.15, 0.2) is 5.60 Å². The van der Waals surface area contributed by atoms with Crippen LogP contribution in [0.25, 0.3) is 0 Å². The summed E-state index contributed by atoms with van der Waals surface area (Å²) in [6.07, 6.45) is 4.17. The summed E-state index contributed by atoms with van der Waals surface area (Å²) in [5, 5.41) is 2.83. The summed E-state index contributed by atoms with van der Waals surface area (Å²) in [5.41, 5.74) is -0.847. The zero-order valence-corrected chi connectivity index (χ0v) is 28.8. The second kappa shape index (κ2) is 12.3. The van der Waals surface area contributed by atoms with Gasteiger partial charge in [-0.25, -0.2) is 4.89 Å². The van der Waals surface area contributed by atoms with Gasteiger partial charge < -0.3 is 19.2 Å². The highest BCUT2D eigenvalue weighted by Crippen LogP contribution is 2.69. The van der Waals surface area contributed by atoms with E-state index in [1.165, 1.54) is 12.2 Å². The van der Waals surface area contributed by atoms with E-state index in [2.05, 4.69) is 66.9 Å². The molecule has 244 valence electrons. The van der Waals surface area contributed by atoms with E-state index in [-0.39, 0.29) is 41.3 Å². The molecular formula is C33H50N2O8Si. The standard InChI is InChI=1S/C33H50N2O8Si/c1-29(2,3)44(8,9)41-25-14-12-13-24(21-25)32-33(43-42-32,31(6,7)23-40-32)30(4,5)22-39-20-11-10-15-26(36)34-18-19-35-27(37)16-17-28(35)38/h12-14,16-17,21H,10-11,15,18-20,22-23H2,1-9H3,(H,34,36). The van der Waals surface area contributed by atoms with Gasteiger partial charge >= 0.3 is 0 Å². The predicted molar refractivity (Wildman–Crippen MR) is 168 cm³/mol. The van der Waals surface area contributed by atoms with Gasteiger partial charge in [-0.2, -0.15) is 4.89 Å². The molecule has 2 atom stereocenters. The Morgan fingerprint density at radius 2 is 1.73 bits per heavy atom. The maximum Gasteiger partial charge on any atom is 0.261 e. The van der Waals surface area contributed by atoms with Gasteiger partial charge in [0.2, 0.25) is 14.2 Å². The molecule has 3 aliphatic heterocycles. The smallest absolute Gasteiger partial charge is 0.261 e. The van der Waals surface area contributed by atoms with E-state index >= 15 is 0 Å². The van der Waals surface area contributed by atoms with Crippen molar-refractivity contribution in [1.82, 2.24) is 10.2 Å². The Morgan fingerprint density at radius 3 is 2.34 bits per heavy atom. The number of ether oxygens (including phenoxy) is 2. The lowest BCUT2D eigenvalue weighted by Gasteiger charge is -2.61. The SMILES string of the molecule is CC(C)(COCCCCC(=O)NCCN1C(=O)C=CC1=O)C12OOC1(c1cccc(O[Si](C)(C)C(C)(C)C)c1)OCC2(C)C. The molecule has 3 amide bonds. The normalized spacial score (nSPS) is 24.8. The Balaban J connectivity index is 1.32. The summed E-state index contributed by atoms with van der Waals surface area (Å²) in [5.74, 6) is -1.12. The Bertz CT molecular complexity index is 1270. The van der Waals surface area contributed by atoms with Gasteiger partial charge in [-0.05, 0) is 43.1 Å². The van der Waals surface area contributed by atoms with Crippen molar-refractivity contribution < 1.29 is 38.1 Å².